The van der Waals surface area contributed by atoms with Gasteiger partial charge >= 0.3 is 0 Å². The van der Waals surface area contributed by atoms with E-state index in [1.165, 1.54) is 12.8 Å². The molecule has 5 rings (SSSR count). The van der Waals surface area contributed by atoms with Crippen molar-refractivity contribution >= 4 is 17.6 Å². The van der Waals surface area contributed by atoms with Crippen molar-refractivity contribution in [1.82, 2.24) is 15.5 Å². The van der Waals surface area contributed by atoms with Gasteiger partial charge in [-0.2, -0.15) is 0 Å². The summed E-state index contributed by atoms with van der Waals surface area (Å²) in [6.07, 6.45) is 7.25. The largest absolute Gasteiger partial charge is 0.353 e. The van der Waals surface area contributed by atoms with Gasteiger partial charge in [-0.3, -0.25) is 9.59 Å². The van der Waals surface area contributed by atoms with Crippen LogP contribution in [0.15, 0.2) is 60.7 Å². The second-order valence-corrected chi connectivity index (χ2v) is 11.8. The summed E-state index contributed by atoms with van der Waals surface area (Å²) in [7, 11) is 0. The summed E-state index contributed by atoms with van der Waals surface area (Å²) in [6, 6.07) is 20.2. The molecule has 2 fully saturated rings. The van der Waals surface area contributed by atoms with Gasteiger partial charge in [0, 0.05) is 35.5 Å². The normalized spacial score (nSPS) is 19.4. The van der Waals surface area contributed by atoms with Gasteiger partial charge in [0.2, 0.25) is 11.8 Å². The van der Waals surface area contributed by atoms with Crippen LogP contribution in [0.25, 0.3) is 22.4 Å². The number of carbonyl (C=O) groups is 2. The maximum absolute atomic E-state index is 12.9. The highest BCUT2D eigenvalue weighted by atomic mass is 16.2. The van der Waals surface area contributed by atoms with Crippen LogP contribution in [0.5, 0.6) is 0 Å². The fraction of sp³-hybridized carbons (Fsp3) is 0.438. The first-order chi connectivity index (χ1) is 18.7. The van der Waals surface area contributed by atoms with Crippen LogP contribution in [-0.2, 0) is 15.1 Å². The van der Waals surface area contributed by atoms with E-state index in [0.29, 0.717) is 30.5 Å². The summed E-state index contributed by atoms with van der Waals surface area (Å²) in [5.41, 5.74) is 10.5. The lowest BCUT2D eigenvalue weighted by Gasteiger charge is -2.28. The molecule has 0 saturated heterocycles. The molecule has 4 N–H and O–H groups in total. The molecule has 2 saturated carbocycles. The lowest BCUT2D eigenvalue weighted by molar-refractivity contribution is -0.122. The van der Waals surface area contributed by atoms with E-state index in [4.69, 9.17) is 5.73 Å². The van der Waals surface area contributed by atoms with Crippen molar-refractivity contribution in [3.8, 4) is 22.4 Å². The Morgan fingerprint density at radius 1 is 0.821 bits per heavy atom. The Balaban J connectivity index is 1.23. The van der Waals surface area contributed by atoms with Gasteiger partial charge in [0.1, 0.15) is 5.69 Å². The summed E-state index contributed by atoms with van der Waals surface area (Å²) in [4.78, 5) is 25.1. The molecular weight excluding hydrogens is 486 g/mol. The summed E-state index contributed by atoms with van der Waals surface area (Å²) in [6.45, 7) is 3.96. The zero-order chi connectivity index (χ0) is 27.4. The minimum atomic E-state index is -0.427. The SMILES string of the molecule is CC(C)(N)c1ccc(-c2nnc(NC(=O)CC3CCC(NC(=O)CC4CC4)CC3)cc2-c2ccccc2)cc1. The summed E-state index contributed by atoms with van der Waals surface area (Å²) in [5, 5.41) is 15.1. The molecule has 0 unspecified atom stereocenters. The third kappa shape index (κ3) is 7.30. The molecule has 2 aliphatic rings. The van der Waals surface area contributed by atoms with E-state index in [-0.39, 0.29) is 17.9 Å². The van der Waals surface area contributed by atoms with E-state index >= 15 is 0 Å². The van der Waals surface area contributed by atoms with Crippen LogP contribution in [0.2, 0.25) is 0 Å². The number of rotatable bonds is 9. The molecule has 1 aromatic heterocycles. The molecule has 1 heterocycles. The third-order valence-corrected chi connectivity index (χ3v) is 7.91. The van der Waals surface area contributed by atoms with Crippen molar-refractivity contribution in [2.24, 2.45) is 17.6 Å². The molecule has 0 aliphatic heterocycles. The van der Waals surface area contributed by atoms with Crippen molar-refractivity contribution in [3.05, 3.63) is 66.2 Å². The highest BCUT2D eigenvalue weighted by Crippen LogP contribution is 2.34. The van der Waals surface area contributed by atoms with Gasteiger partial charge in [0.05, 0.1) is 0 Å². The highest BCUT2D eigenvalue weighted by Gasteiger charge is 2.28. The summed E-state index contributed by atoms with van der Waals surface area (Å²) in [5.74, 6) is 1.51. The van der Waals surface area contributed by atoms with Crippen molar-refractivity contribution in [1.29, 1.82) is 0 Å². The molecule has 0 atom stereocenters. The molecule has 204 valence electrons. The van der Waals surface area contributed by atoms with E-state index in [9.17, 15) is 9.59 Å². The fourth-order valence-corrected chi connectivity index (χ4v) is 5.40. The minimum Gasteiger partial charge on any atom is -0.353 e. The summed E-state index contributed by atoms with van der Waals surface area (Å²) < 4.78 is 0. The highest BCUT2D eigenvalue weighted by molar-refractivity contribution is 5.91. The van der Waals surface area contributed by atoms with E-state index in [1.54, 1.807) is 0 Å². The number of amides is 2. The average molecular weight is 526 g/mol. The molecule has 0 bridgehead atoms. The first-order valence-electron chi connectivity index (χ1n) is 14.2. The van der Waals surface area contributed by atoms with Crippen LogP contribution in [0.3, 0.4) is 0 Å². The maximum Gasteiger partial charge on any atom is 0.225 e. The standard InChI is InChI=1S/C32H39N5O2/c1-32(2,33)25-14-12-24(13-15-25)31-27(23-6-4-3-5-7-23)20-28(36-37-31)35-30(39)19-22-10-16-26(17-11-22)34-29(38)18-21-8-9-21/h3-7,12-15,20-22,26H,8-11,16-19,33H2,1-2H3,(H,34,38)(H,35,36,39). The van der Waals surface area contributed by atoms with Gasteiger partial charge in [-0.05, 0) is 81.4 Å². The number of aromatic nitrogens is 2. The van der Waals surface area contributed by atoms with Crippen molar-refractivity contribution in [2.45, 2.75) is 76.8 Å². The average Bonchev–Trinajstić information content (AvgIpc) is 3.74. The van der Waals surface area contributed by atoms with Gasteiger partial charge in [0.15, 0.2) is 5.82 Å². The Morgan fingerprint density at radius 3 is 2.05 bits per heavy atom. The molecule has 7 heteroatoms. The monoisotopic (exact) mass is 525 g/mol. The van der Waals surface area contributed by atoms with E-state index < -0.39 is 5.54 Å². The fourth-order valence-electron chi connectivity index (χ4n) is 5.40. The molecule has 2 aromatic carbocycles. The Kier molecular flexibility index (Phi) is 8.07. The number of hydrogen-bond donors (Lipinski definition) is 3. The predicted octanol–water partition coefficient (Wildman–Crippen LogP) is 5.81. The van der Waals surface area contributed by atoms with Crippen LogP contribution in [0.1, 0.15) is 70.8 Å². The smallest absolute Gasteiger partial charge is 0.225 e. The lowest BCUT2D eigenvalue weighted by Crippen LogP contribution is -2.38. The van der Waals surface area contributed by atoms with Crippen molar-refractivity contribution in [2.75, 3.05) is 5.32 Å². The molecule has 3 aromatic rings. The number of nitrogens with one attached hydrogen (secondary N) is 2. The molecule has 2 aliphatic carbocycles. The number of hydrogen-bond acceptors (Lipinski definition) is 5. The zero-order valence-corrected chi connectivity index (χ0v) is 23.0. The molecule has 0 radical (unpaired) electrons. The second kappa shape index (κ2) is 11.7. The number of anilines is 1. The maximum atomic E-state index is 12.9. The number of nitrogens with two attached hydrogens (primary N) is 1. The zero-order valence-electron chi connectivity index (χ0n) is 23.0. The molecule has 2 amide bonds. The van der Waals surface area contributed by atoms with Crippen LogP contribution >= 0.6 is 0 Å². The molecular formula is C32H39N5O2. The van der Waals surface area contributed by atoms with Gasteiger partial charge < -0.3 is 16.4 Å². The number of benzene rings is 2. The Morgan fingerprint density at radius 2 is 1.44 bits per heavy atom. The Labute approximate surface area is 231 Å². The Hall–Kier alpha value is -3.58. The Bertz CT molecular complexity index is 1290. The van der Waals surface area contributed by atoms with Crippen molar-refractivity contribution < 1.29 is 9.59 Å². The van der Waals surface area contributed by atoms with Crippen molar-refractivity contribution in [3.63, 3.8) is 0 Å². The minimum absolute atomic E-state index is 0.0492. The molecule has 7 nitrogen and oxygen atoms in total. The first kappa shape index (κ1) is 27.0. The van der Waals surface area contributed by atoms with E-state index in [2.05, 4.69) is 20.8 Å². The topological polar surface area (TPSA) is 110 Å². The number of nitrogens with zero attached hydrogens (tertiary/aromatic N) is 2. The van der Waals surface area contributed by atoms with E-state index in [0.717, 1.165) is 53.6 Å². The van der Waals surface area contributed by atoms with Gasteiger partial charge in [-0.15, -0.1) is 10.2 Å². The second-order valence-electron chi connectivity index (χ2n) is 11.8. The van der Waals surface area contributed by atoms with E-state index in [1.807, 2.05) is 74.5 Å². The quantitative estimate of drug-likeness (QED) is 0.327. The predicted molar refractivity (Wildman–Crippen MR) is 155 cm³/mol. The third-order valence-electron chi connectivity index (χ3n) is 7.91. The van der Waals surface area contributed by atoms with Gasteiger partial charge in [-0.1, -0.05) is 54.6 Å². The number of carbonyl (C=O) groups excluding carboxylic acids is 2. The molecule has 39 heavy (non-hydrogen) atoms. The van der Waals surface area contributed by atoms with Crippen LogP contribution in [-0.4, -0.2) is 28.1 Å². The van der Waals surface area contributed by atoms with Gasteiger partial charge in [0.25, 0.3) is 0 Å². The van der Waals surface area contributed by atoms with Gasteiger partial charge in [-0.25, -0.2) is 0 Å². The van der Waals surface area contributed by atoms with Crippen LogP contribution < -0.4 is 16.4 Å². The van der Waals surface area contributed by atoms with Crippen LogP contribution in [0.4, 0.5) is 5.82 Å². The van der Waals surface area contributed by atoms with Crippen LogP contribution in [0, 0.1) is 11.8 Å². The molecule has 0 spiro atoms. The first-order valence-corrected chi connectivity index (χ1v) is 14.2. The summed E-state index contributed by atoms with van der Waals surface area (Å²) >= 11 is 0. The lowest BCUT2D eigenvalue weighted by atomic mass is 9.84.